The Morgan fingerprint density at radius 1 is 1.03 bits per heavy atom. The number of amides is 1. The van der Waals surface area contributed by atoms with Crippen molar-refractivity contribution in [1.82, 2.24) is 14.5 Å². The number of imidazole rings is 1. The Kier molecular flexibility index (Phi) is 4.94. The second-order valence-electron chi connectivity index (χ2n) is 6.60. The first-order valence-corrected chi connectivity index (χ1v) is 9.12. The Morgan fingerprint density at radius 3 is 2.45 bits per heavy atom. The molecule has 0 N–H and O–H groups in total. The zero-order valence-electron chi connectivity index (χ0n) is 15.4. The van der Waals surface area contributed by atoms with Gasteiger partial charge in [-0.15, -0.1) is 0 Å². The molecule has 0 bridgehead atoms. The number of carbonyl (C=O) groups is 1. The van der Waals surface area contributed by atoms with Crippen LogP contribution in [0.25, 0.3) is 5.69 Å². The van der Waals surface area contributed by atoms with Crippen LogP contribution in [0.15, 0.2) is 60.9 Å². The van der Waals surface area contributed by atoms with E-state index in [-0.39, 0.29) is 23.0 Å². The highest BCUT2D eigenvalue weighted by Gasteiger charge is 2.28. The molecule has 3 aromatic rings. The van der Waals surface area contributed by atoms with Crippen LogP contribution in [-0.2, 0) is 0 Å². The maximum Gasteiger partial charge on any atom is 0.282 e. The largest absolute Gasteiger partial charge is 0.338 e. The van der Waals surface area contributed by atoms with E-state index < -0.39 is 4.92 Å². The zero-order chi connectivity index (χ0) is 20.4. The quantitative estimate of drug-likeness (QED) is 0.501. The van der Waals surface area contributed by atoms with Gasteiger partial charge in [0, 0.05) is 44.6 Å². The second-order valence-corrected chi connectivity index (χ2v) is 6.60. The minimum absolute atomic E-state index is 0.0822. The number of aromatic nitrogens is 2. The average Bonchev–Trinajstić information content (AvgIpc) is 3.23. The van der Waals surface area contributed by atoms with Gasteiger partial charge in [-0.05, 0) is 18.2 Å². The van der Waals surface area contributed by atoms with Crippen LogP contribution < -0.4 is 4.90 Å². The van der Waals surface area contributed by atoms with Gasteiger partial charge >= 0.3 is 0 Å². The molecule has 1 aromatic heterocycles. The van der Waals surface area contributed by atoms with Crippen molar-refractivity contribution >= 4 is 17.5 Å². The van der Waals surface area contributed by atoms with Crippen molar-refractivity contribution < 1.29 is 14.1 Å². The number of rotatable bonds is 4. The summed E-state index contributed by atoms with van der Waals surface area (Å²) >= 11 is 0. The van der Waals surface area contributed by atoms with Gasteiger partial charge in [-0.1, -0.05) is 24.3 Å². The molecule has 1 aliphatic heterocycles. The number of anilines is 1. The van der Waals surface area contributed by atoms with Crippen molar-refractivity contribution in [3.8, 4) is 5.69 Å². The average molecular weight is 395 g/mol. The molecule has 2 heterocycles. The lowest BCUT2D eigenvalue weighted by Crippen LogP contribution is -2.49. The molecule has 0 unspecified atom stereocenters. The molecule has 0 aliphatic carbocycles. The molecule has 148 valence electrons. The van der Waals surface area contributed by atoms with Crippen LogP contribution in [0.1, 0.15) is 10.4 Å². The smallest absolute Gasteiger partial charge is 0.282 e. The van der Waals surface area contributed by atoms with Crippen LogP contribution >= 0.6 is 0 Å². The van der Waals surface area contributed by atoms with Crippen LogP contribution in [0.4, 0.5) is 16.0 Å². The lowest BCUT2D eigenvalue weighted by Gasteiger charge is -2.35. The molecule has 0 radical (unpaired) electrons. The van der Waals surface area contributed by atoms with Gasteiger partial charge in [-0.25, -0.2) is 9.37 Å². The van der Waals surface area contributed by atoms with Crippen LogP contribution in [0, 0.1) is 15.9 Å². The molecule has 1 aliphatic rings. The maximum absolute atomic E-state index is 14.2. The van der Waals surface area contributed by atoms with Crippen LogP contribution in [0.3, 0.4) is 0 Å². The normalized spacial score (nSPS) is 14.1. The number of benzene rings is 2. The molecule has 1 fully saturated rings. The summed E-state index contributed by atoms with van der Waals surface area (Å²) in [7, 11) is 0. The molecule has 1 saturated heterocycles. The number of para-hydroxylation sites is 2. The van der Waals surface area contributed by atoms with Gasteiger partial charge in [-0.3, -0.25) is 19.5 Å². The van der Waals surface area contributed by atoms with Crippen LogP contribution in [0.5, 0.6) is 0 Å². The molecule has 0 saturated carbocycles. The lowest BCUT2D eigenvalue weighted by molar-refractivity contribution is -0.385. The first-order valence-electron chi connectivity index (χ1n) is 9.12. The van der Waals surface area contributed by atoms with E-state index in [4.69, 9.17) is 0 Å². The van der Waals surface area contributed by atoms with Gasteiger partial charge in [-0.2, -0.15) is 0 Å². The van der Waals surface area contributed by atoms with E-state index in [0.717, 1.165) is 0 Å². The molecule has 29 heavy (non-hydrogen) atoms. The van der Waals surface area contributed by atoms with Crippen molar-refractivity contribution in [2.45, 2.75) is 0 Å². The number of nitro benzene ring substituents is 1. The third kappa shape index (κ3) is 3.54. The molecular formula is C20H18FN5O3. The van der Waals surface area contributed by atoms with Crippen molar-refractivity contribution in [1.29, 1.82) is 0 Å². The Labute approximate surface area is 166 Å². The number of piperazine rings is 1. The Hall–Kier alpha value is -3.75. The molecule has 0 atom stereocenters. The first-order chi connectivity index (χ1) is 14.1. The van der Waals surface area contributed by atoms with E-state index in [1.54, 1.807) is 46.1 Å². The molecule has 8 nitrogen and oxygen atoms in total. The van der Waals surface area contributed by atoms with Gasteiger partial charge in [0.25, 0.3) is 11.6 Å². The predicted octanol–water partition coefficient (Wildman–Crippen LogP) is 2.88. The number of carbonyl (C=O) groups excluding carboxylic acids is 1. The minimum atomic E-state index is -0.547. The van der Waals surface area contributed by atoms with E-state index >= 15 is 0 Å². The summed E-state index contributed by atoms with van der Waals surface area (Å²) in [5, 5.41) is 11.2. The van der Waals surface area contributed by atoms with E-state index in [2.05, 4.69) is 4.98 Å². The lowest BCUT2D eigenvalue weighted by atomic mass is 10.1. The molecule has 2 aromatic carbocycles. The fourth-order valence-corrected chi connectivity index (χ4v) is 3.46. The number of nitrogens with zero attached hydrogens (tertiary/aromatic N) is 5. The summed E-state index contributed by atoms with van der Waals surface area (Å²) in [6, 6.07) is 12.4. The summed E-state index contributed by atoms with van der Waals surface area (Å²) in [6.07, 6.45) is 3.30. The van der Waals surface area contributed by atoms with E-state index in [0.29, 0.717) is 37.8 Å². The van der Waals surface area contributed by atoms with Crippen LogP contribution in [0.2, 0.25) is 0 Å². The second kappa shape index (κ2) is 7.70. The van der Waals surface area contributed by atoms with E-state index in [1.807, 2.05) is 4.90 Å². The summed E-state index contributed by atoms with van der Waals surface area (Å²) in [6.45, 7) is 1.74. The Balaban J connectivity index is 1.50. The first kappa shape index (κ1) is 18.6. The van der Waals surface area contributed by atoms with Gasteiger partial charge in [0.05, 0.1) is 10.6 Å². The van der Waals surface area contributed by atoms with Gasteiger partial charge in [0.15, 0.2) is 0 Å². The zero-order valence-corrected chi connectivity index (χ0v) is 15.4. The third-order valence-electron chi connectivity index (χ3n) is 4.91. The summed E-state index contributed by atoms with van der Waals surface area (Å²) in [5.41, 5.74) is 0.284. The summed E-state index contributed by atoms with van der Waals surface area (Å²) in [5.74, 6) is -0.126. The van der Waals surface area contributed by atoms with Crippen molar-refractivity contribution in [2.75, 3.05) is 31.1 Å². The van der Waals surface area contributed by atoms with Crippen LogP contribution in [-0.4, -0.2) is 51.5 Å². The van der Waals surface area contributed by atoms with Crippen molar-refractivity contribution in [3.05, 3.63) is 82.4 Å². The van der Waals surface area contributed by atoms with Gasteiger partial charge in [0.2, 0.25) is 5.95 Å². The summed E-state index contributed by atoms with van der Waals surface area (Å²) < 4.78 is 15.9. The number of hydrogen-bond donors (Lipinski definition) is 0. The fraction of sp³-hybridized carbons (Fsp3) is 0.200. The van der Waals surface area contributed by atoms with Gasteiger partial charge < -0.3 is 9.80 Å². The third-order valence-corrected chi connectivity index (χ3v) is 4.91. The highest BCUT2D eigenvalue weighted by molar-refractivity contribution is 5.98. The number of hydrogen-bond acceptors (Lipinski definition) is 5. The minimum Gasteiger partial charge on any atom is -0.338 e. The maximum atomic E-state index is 14.2. The highest BCUT2D eigenvalue weighted by atomic mass is 19.1. The topological polar surface area (TPSA) is 84.5 Å². The van der Waals surface area contributed by atoms with E-state index in [9.17, 15) is 19.3 Å². The monoisotopic (exact) mass is 395 g/mol. The predicted molar refractivity (Wildman–Crippen MR) is 105 cm³/mol. The number of halogens is 1. The highest BCUT2D eigenvalue weighted by Crippen LogP contribution is 2.24. The fourth-order valence-electron chi connectivity index (χ4n) is 3.46. The Bertz CT molecular complexity index is 1060. The SMILES string of the molecule is O=C(c1ccccc1[N+](=O)[O-])N1CCN(c2nccn2-c2ccccc2F)CC1. The molecule has 1 amide bonds. The molecular weight excluding hydrogens is 377 g/mol. The molecule has 4 rings (SSSR count). The summed E-state index contributed by atoms with van der Waals surface area (Å²) in [4.78, 5) is 31.4. The Morgan fingerprint density at radius 2 is 1.72 bits per heavy atom. The standard InChI is InChI=1S/C20H18FN5O3/c21-16-6-2-4-8-18(16)25-10-9-22-20(25)24-13-11-23(12-14-24)19(27)15-5-1-3-7-17(15)26(28)29/h1-10H,11-14H2. The van der Waals surface area contributed by atoms with E-state index in [1.165, 1.54) is 24.3 Å². The number of nitro groups is 1. The molecule has 9 heteroatoms. The molecule has 0 spiro atoms. The van der Waals surface area contributed by atoms with Crippen molar-refractivity contribution in [2.24, 2.45) is 0 Å². The van der Waals surface area contributed by atoms with Crippen molar-refractivity contribution in [3.63, 3.8) is 0 Å². The van der Waals surface area contributed by atoms with Gasteiger partial charge in [0.1, 0.15) is 11.4 Å².